The highest BCUT2D eigenvalue weighted by Gasteiger charge is 2.50. The van der Waals surface area contributed by atoms with Crippen molar-refractivity contribution in [3.8, 4) is 0 Å². The van der Waals surface area contributed by atoms with Gasteiger partial charge in [0.05, 0.1) is 16.0 Å². The number of aryl methyl sites for hydroxylation is 1. The summed E-state index contributed by atoms with van der Waals surface area (Å²) >= 11 is 0. The van der Waals surface area contributed by atoms with Crippen molar-refractivity contribution in [2.24, 2.45) is 17.8 Å². The van der Waals surface area contributed by atoms with Crippen LogP contribution >= 0.6 is 0 Å². The number of carbonyl (C=O) groups is 1. The Hall–Kier alpha value is -1.22. The fraction of sp³-hybridized carbons (Fsp3) is 0.500. The largest absolute Gasteiger partial charge is 0.299 e. The van der Waals surface area contributed by atoms with Crippen LogP contribution in [0.25, 0.3) is 0 Å². The van der Waals surface area contributed by atoms with Gasteiger partial charge >= 0.3 is 0 Å². The highest BCUT2D eigenvalue weighted by Crippen LogP contribution is 2.48. The highest BCUT2D eigenvalue weighted by atomic mass is 32.2. The van der Waals surface area contributed by atoms with Gasteiger partial charge in [0.15, 0.2) is 0 Å². The third kappa shape index (κ3) is 2.64. The van der Waals surface area contributed by atoms with Crippen LogP contribution in [-0.4, -0.2) is 15.2 Å². The summed E-state index contributed by atoms with van der Waals surface area (Å²) in [5.74, 6) is 0.887. The lowest BCUT2D eigenvalue weighted by Crippen LogP contribution is -2.35. The van der Waals surface area contributed by atoms with Gasteiger partial charge in [-0.15, -0.1) is 0 Å². The van der Waals surface area contributed by atoms with Gasteiger partial charge in [-0.2, -0.15) is 0 Å². The van der Waals surface area contributed by atoms with Crippen LogP contribution in [0.4, 0.5) is 0 Å². The predicted octanol–water partition coefficient (Wildman–Crippen LogP) is 3.66. The molecule has 1 saturated carbocycles. The molecule has 3 rings (SSSR count). The van der Waals surface area contributed by atoms with E-state index in [9.17, 15) is 9.00 Å². The van der Waals surface area contributed by atoms with E-state index in [4.69, 9.17) is 0 Å². The van der Waals surface area contributed by atoms with Crippen molar-refractivity contribution < 1.29 is 9.00 Å². The molecule has 3 heteroatoms. The van der Waals surface area contributed by atoms with Gasteiger partial charge in [-0.05, 0) is 43.7 Å². The number of allylic oxidation sites excluding steroid dienone is 2. The average Bonchev–Trinajstić information content (AvgIpc) is 3.08. The van der Waals surface area contributed by atoms with E-state index in [0.717, 1.165) is 17.7 Å². The Kier molecular flexibility index (Phi) is 4.12. The van der Waals surface area contributed by atoms with Gasteiger partial charge in [0.25, 0.3) is 0 Å². The molecule has 1 aromatic carbocycles. The molecule has 21 heavy (non-hydrogen) atoms. The zero-order chi connectivity index (χ0) is 15.0. The van der Waals surface area contributed by atoms with E-state index in [1.165, 1.54) is 5.56 Å². The van der Waals surface area contributed by atoms with Gasteiger partial charge in [0.2, 0.25) is 0 Å². The molecule has 0 N–H and O–H groups in total. The fourth-order valence-electron chi connectivity index (χ4n) is 3.73. The first-order valence-electron chi connectivity index (χ1n) is 7.80. The van der Waals surface area contributed by atoms with Crippen LogP contribution in [0.3, 0.4) is 0 Å². The number of hydrogen-bond acceptors (Lipinski definition) is 2. The van der Waals surface area contributed by atoms with Crippen molar-refractivity contribution in [2.45, 2.75) is 43.3 Å². The third-order valence-electron chi connectivity index (χ3n) is 4.76. The molecular weight excluding hydrogens is 280 g/mol. The Morgan fingerprint density at radius 3 is 2.52 bits per heavy atom. The smallest absolute Gasteiger partial charge is 0.137 e. The van der Waals surface area contributed by atoms with Crippen LogP contribution < -0.4 is 0 Å². The van der Waals surface area contributed by atoms with Crippen molar-refractivity contribution in [3.63, 3.8) is 0 Å². The van der Waals surface area contributed by atoms with Gasteiger partial charge in [-0.1, -0.05) is 36.8 Å². The number of benzene rings is 1. The molecule has 1 aromatic rings. The van der Waals surface area contributed by atoms with E-state index in [1.54, 1.807) is 0 Å². The molecule has 0 heterocycles. The van der Waals surface area contributed by atoms with E-state index in [0.29, 0.717) is 24.0 Å². The molecule has 2 nitrogen and oxygen atoms in total. The first kappa shape index (κ1) is 14.7. The first-order valence-corrected chi connectivity index (χ1v) is 9.01. The van der Waals surface area contributed by atoms with E-state index < -0.39 is 10.8 Å². The molecule has 0 aromatic heterocycles. The quantitative estimate of drug-likeness (QED) is 0.778. The number of carbonyl (C=O) groups excluding carboxylic acids is 1. The second kappa shape index (κ2) is 5.88. The maximum Gasteiger partial charge on any atom is 0.137 e. The molecule has 0 spiro atoms. The number of Topliss-reactive ketones (excluding diaryl/α,β-unsaturated/α-hetero) is 1. The van der Waals surface area contributed by atoms with Crippen molar-refractivity contribution in [1.29, 1.82) is 0 Å². The second-order valence-electron chi connectivity index (χ2n) is 6.27. The number of rotatable bonds is 5. The first-order chi connectivity index (χ1) is 10.1. The van der Waals surface area contributed by atoms with Crippen LogP contribution in [0, 0.1) is 24.7 Å². The molecule has 5 atom stereocenters. The maximum absolute atomic E-state index is 13.0. The van der Waals surface area contributed by atoms with Gasteiger partial charge in [-0.3, -0.25) is 9.00 Å². The zero-order valence-electron chi connectivity index (χ0n) is 12.6. The molecule has 2 aliphatic rings. The molecule has 0 radical (unpaired) electrons. The van der Waals surface area contributed by atoms with Gasteiger partial charge in [0.1, 0.15) is 5.78 Å². The SMILES string of the molecule is CCCC(=O)[C@H]1[C@H](S(=O)c2ccc(C)cc2)[C@@H]2C=C[C@H]1C2. The number of hydrogen-bond donors (Lipinski definition) is 0. The normalized spacial score (nSPS) is 31.5. The molecule has 2 bridgehead atoms. The predicted molar refractivity (Wildman–Crippen MR) is 85.5 cm³/mol. The average molecular weight is 302 g/mol. The van der Waals surface area contributed by atoms with Crippen LogP contribution in [0.2, 0.25) is 0 Å². The summed E-state index contributed by atoms with van der Waals surface area (Å²) in [6.07, 6.45) is 6.84. The molecule has 1 fully saturated rings. The van der Waals surface area contributed by atoms with Gasteiger partial charge in [0, 0.05) is 17.2 Å². The molecule has 112 valence electrons. The molecule has 2 aliphatic carbocycles. The van der Waals surface area contributed by atoms with Crippen molar-refractivity contribution in [2.75, 3.05) is 0 Å². The Balaban J connectivity index is 1.88. The summed E-state index contributed by atoms with van der Waals surface area (Å²) in [4.78, 5) is 13.3. The summed E-state index contributed by atoms with van der Waals surface area (Å²) < 4.78 is 13.0. The Labute approximate surface area is 129 Å². The summed E-state index contributed by atoms with van der Waals surface area (Å²) in [7, 11) is -1.09. The van der Waals surface area contributed by atoms with Crippen molar-refractivity contribution in [3.05, 3.63) is 42.0 Å². The Bertz CT molecular complexity index is 588. The lowest BCUT2D eigenvalue weighted by atomic mass is 9.87. The second-order valence-corrected chi connectivity index (χ2v) is 7.88. The maximum atomic E-state index is 13.0. The zero-order valence-corrected chi connectivity index (χ0v) is 13.4. The monoisotopic (exact) mass is 302 g/mol. The van der Waals surface area contributed by atoms with Crippen LogP contribution in [0.15, 0.2) is 41.3 Å². The summed E-state index contributed by atoms with van der Waals surface area (Å²) in [6.45, 7) is 4.06. The van der Waals surface area contributed by atoms with Crippen LogP contribution in [-0.2, 0) is 15.6 Å². The molecule has 0 saturated heterocycles. The topological polar surface area (TPSA) is 34.1 Å². The van der Waals surface area contributed by atoms with Crippen molar-refractivity contribution in [1.82, 2.24) is 0 Å². The molecule has 1 unspecified atom stereocenters. The van der Waals surface area contributed by atoms with Gasteiger partial charge in [-0.25, -0.2) is 0 Å². The Morgan fingerprint density at radius 1 is 1.19 bits per heavy atom. The minimum atomic E-state index is -1.09. The minimum absolute atomic E-state index is 0.0262. The summed E-state index contributed by atoms with van der Waals surface area (Å²) in [6, 6.07) is 7.89. The van der Waals surface area contributed by atoms with E-state index >= 15 is 0 Å². The van der Waals surface area contributed by atoms with Crippen LogP contribution in [0.1, 0.15) is 31.7 Å². The van der Waals surface area contributed by atoms with Gasteiger partial charge < -0.3 is 0 Å². The molecule has 0 aliphatic heterocycles. The van der Waals surface area contributed by atoms with E-state index in [2.05, 4.69) is 12.2 Å². The standard InChI is InChI=1S/C18H22O2S/c1-3-4-16(19)17-13-7-8-14(11-13)18(17)21(20)15-9-5-12(2)6-10-15/h5-10,13-14,17-18H,3-4,11H2,1-2H3/t13-,14+,17-,18+,21?/m0/s1. The fourth-order valence-corrected chi connectivity index (χ4v) is 5.59. The van der Waals surface area contributed by atoms with Crippen molar-refractivity contribution >= 4 is 16.6 Å². The minimum Gasteiger partial charge on any atom is -0.299 e. The number of ketones is 1. The lowest BCUT2D eigenvalue weighted by molar-refractivity contribution is -0.123. The highest BCUT2D eigenvalue weighted by molar-refractivity contribution is 7.85. The number of fused-ring (bicyclic) bond motifs is 2. The molecule has 0 amide bonds. The van der Waals surface area contributed by atoms with E-state index in [-0.39, 0.29) is 11.2 Å². The van der Waals surface area contributed by atoms with E-state index in [1.807, 2.05) is 38.1 Å². The lowest BCUT2D eigenvalue weighted by Gasteiger charge is -2.26. The van der Waals surface area contributed by atoms with Crippen LogP contribution in [0.5, 0.6) is 0 Å². The third-order valence-corrected chi connectivity index (χ3v) is 6.63. The summed E-state index contributed by atoms with van der Waals surface area (Å²) in [5.41, 5.74) is 1.17. The molecular formula is C18H22O2S. The summed E-state index contributed by atoms with van der Waals surface area (Å²) in [5, 5.41) is -0.0262. The Morgan fingerprint density at radius 2 is 1.86 bits per heavy atom.